The largest absolute Gasteiger partial charge is 0.476 e. The van der Waals surface area contributed by atoms with Gasteiger partial charge >= 0.3 is 5.97 Å². The topological polar surface area (TPSA) is 73.6 Å². The van der Waals surface area contributed by atoms with Crippen molar-refractivity contribution in [3.05, 3.63) is 41.6 Å². The van der Waals surface area contributed by atoms with Crippen LogP contribution in [-0.4, -0.2) is 34.3 Å². The second-order valence-electron chi connectivity index (χ2n) is 4.61. The third-order valence-corrected chi connectivity index (χ3v) is 3.30. The van der Waals surface area contributed by atoms with Crippen molar-refractivity contribution in [1.82, 2.24) is 9.78 Å². The molecule has 2 aromatic rings. The first-order chi connectivity index (χ1) is 9.65. The molecule has 0 saturated carbocycles. The number of ether oxygens (including phenoxy) is 2. The molecule has 1 aliphatic heterocycles. The van der Waals surface area contributed by atoms with E-state index in [9.17, 15) is 4.79 Å². The second kappa shape index (κ2) is 5.07. The van der Waals surface area contributed by atoms with Crippen LogP contribution in [0, 0.1) is 0 Å². The number of benzene rings is 1. The zero-order valence-electron chi connectivity index (χ0n) is 10.9. The van der Waals surface area contributed by atoms with Gasteiger partial charge in [0.05, 0.1) is 12.3 Å². The molecule has 1 saturated heterocycles. The van der Waals surface area contributed by atoms with Crippen LogP contribution in [0.2, 0.25) is 0 Å². The number of carboxylic acid groups (broad SMARTS) is 1. The summed E-state index contributed by atoms with van der Waals surface area (Å²) in [5.41, 5.74) is 2.76. The average molecular weight is 274 g/mol. The highest BCUT2D eigenvalue weighted by Gasteiger charge is 2.18. The van der Waals surface area contributed by atoms with Crippen LogP contribution in [0.15, 0.2) is 30.3 Å². The highest BCUT2D eigenvalue weighted by molar-refractivity contribution is 5.87. The maximum atomic E-state index is 10.9. The molecule has 0 radical (unpaired) electrons. The van der Waals surface area contributed by atoms with Crippen molar-refractivity contribution in [3.8, 4) is 11.3 Å². The van der Waals surface area contributed by atoms with Crippen LogP contribution < -0.4 is 0 Å². The molecule has 6 nitrogen and oxygen atoms in total. The number of aromatic carboxylic acids is 1. The minimum atomic E-state index is -1.03. The van der Waals surface area contributed by atoms with Crippen LogP contribution in [0.1, 0.15) is 22.2 Å². The maximum Gasteiger partial charge on any atom is 0.356 e. The molecular weight excluding hydrogens is 260 g/mol. The van der Waals surface area contributed by atoms with Gasteiger partial charge in [0.15, 0.2) is 5.69 Å². The molecule has 1 fully saturated rings. The Kier molecular flexibility index (Phi) is 3.25. The zero-order valence-corrected chi connectivity index (χ0v) is 10.9. The molecule has 3 rings (SSSR count). The van der Waals surface area contributed by atoms with Gasteiger partial charge < -0.3 is 14.6 Å². The third kappa shape index (κ3) is 2.31. The summed E-state index contributed by atoms with van der Waals surface area (Å²) in [5, 5.41) is 12.9. The number of nitrogens with zero attached hydrogens (tertiary/aromatic N) is 2. The summed E-state index contributed by atoms with van der Waals surface area (Å²) in [7, 11) is 1.73. The summed E-state index contributed by atoms with van der Waals surface area (Å²) in [5.74, 6) is -1.03. The SMILES string of the molecule is Cn1nc(C(=O)O)cc1-c1ccc(C2COCO2)cc1. The van der Waals surface area contributed by atoms with Crippen LogP contribution in [0.25, 0.3) is 11.3 Å². The summed E-state index contributed by atoms with van der Waals surface area (Å²) in [6.07, 6.45) is -0.0230. The fourth-order valence-electron chi connectivity index (χ4n) is 2.24. The number of aromatic nitrogens is 2. The Morgan fingerprint density at radius 3 is 2.70 bits per heavy atom. The fraction of sp³-hybridized carbons (Fsp3) is 0.286. The second-order valence-corrected chi connectivity index (χ2v) is 4.61. The summed E-state index contributed by atoms with van der Waals surface area (Å²) in [6.45, 7) is 0.893. The van der Waals surface area contributed by atoms with Gasteiger partial charge in [0.2, 0.25) is 0 Å². The Bertz CT molecular complexity index is 627. The minimum Gasteiger partial charge on any atom is -0.476 e. The van der Waals surface area contributed by atoms with E-state index in [1.807, 2.05) is 24.3 Å². The molecule has 1 aromatic heterocycles. The molecular formula is C14H14N2O4. The molecule has 1 unspecified atom stereocenters. The number of rotatable bonds is 3. The van der Waals surface area contributed by atoms with E-state index in [-0.39, 0.29) is 11.8 Å². The lowest BCUT2D eigenvalue weighted by Gasteiger charge is -2.08. The van der Waals surface area contributed by atoms with Gasteiger partial charge in [0.25, 0.3) is 0 Å². The van der Waals surface area contributed by atoms with Gasteiger partial charge in [-0.05, 0) is 17.2 Å². The van der Waals surface area contributed by atoms with E-state index in [1.165, 1.54) is 0 Å². The van der Waals surface area contributed by atoms with E-state index < -0.39 is 5.97 Å². The van der Waals surface area contributed by atoms with Gasteiger partial charge in [-0.3, -0.25) is 4.68 Å². The van der Waals surface area contributed by atoms with Gasteiger partial charge in [-0.2, -0.15) is 5.10 Å². The molecule has 0 bridgehead atoms. The highest BCUT2D eigenvalue weighted by atomic mass is 16.7. The number of hydrogen-bond acceptors (Lipinski definition) is 4. The normalized spacial score (nSPS) is 18.4. The first-order valence-electron chi connectivity index (χ1n) is 6.22. The lowest BCUT2D eigenvalue weighted by atomic mass is 10.1. The Hall–Kier alpha value is -2.18. The molecule has 20 heavy (non-hydrogen) atoms. The van der Waals surface area contributed by atoms with Crippen LogP contribution >= 0.6 is 0 Å². The van der Waals surface area contributed by atoms with E-state index in [0.717, 1.165) is 16.8 Å². The summed E-state index contributed by atoms with van der Waals surface area (Å²) in [4.78, 5) is 10.9. The Labute approximate surface area is 115 Å². The molecule has 1 atom stereocenters. The summed E-state index contributed by atoms with van der Waals surface area (Å²) >= 11 is 0. The fourth-order valence-corrected chi connectivity index (χ4v) is 2.24. The summed E-state index contributed by atoms with van der Waals surface area (Å²) in [6, 6.07) is 9.34. The first-order valence-corrected chi connectivity index (χ1v) is 6.22. The van der Waals surface area contributed by atoms with E-state index >= 15 is 0 Å². The number of carbonyl (C=O) groups is 1. The first kappa shape index (κ1) is 12.8. The van der Waals surface area contributed by atoms with Crippen molar-refractivity contribution >= 4 is 5.97 Å². The summed E-state index contributed by atoms with van der Waals surface area (Å²) < 4.78 is 12.2. The molecule has 104 valence electrons. The smallest absolute Gasteiger partial charge is 0.356 e. The van der Waals surface area contributed by atoms with Crippen molar-refractivity contribution in [3.63, 3.8) is 0 Å². The van der Waals surface area contributed by atoms with E-state index in [2.05, 4.69) is 5.10 Å². The number of aryl methyl sites for hydroxylation is 1. The van der Waals surface area contributed by atoms with Crippen molar-refractivity contribution in [2.75, 3.05) is 13.4 Å². The monoisotopic (exact) mass is 274 g/mol. The van der Waals surface area contributed by atoms with Gasteiger partial charge in [-0.1, -0.05) is 24.3 Å². The highest BCUT2D eigenvalue weighted by Crippen LogP contribution is 2.26. The minimum absolute atomic E-state index is 0.0230. The van der Waals surface area contributed by atoms with Gasteiger partial charge in [-0.15, -0.1) is 0 Å². The van der Waals surface area contributed by atoms with Gasteiger partial charge in [0.1, 0.15) is 12.9 Å². The Morgan fingerprint density at radius 2 is 2.15 bits per heavy atom. The van der Waals surface area contributed by atoms with E-state index in [0.29, 0.717) is 13.4 Å². The van der Waals surface area contributed by atoms with E-state index in [4.69, 9.17) is 14.6 Å². The van der Waals surface area contributed by atoms with Crippen LogP contribution in [-0.2, 0) is 16.5 Å². The third-order valence-electron chi connectivity index (χ3n) is 3.30. The number of carboxylic acids is 1. The molecule has 0 amide bonds. The van der Waals surface area contributed by atoms with Crippen molar-refractivity contribution in [2.24, 2.45) is 7.05 Å². The molecule has 2 heterocycles. The van der Waals surface area contributed by atoms with Gasteiger partial charge in [0, 0.05) is 7.05 Å². The predicted molar refractivity (Wildman–Crippen MR) is 70.2 cm³/mol. The Morgan fingerprint density at radius 1 is 1.40 bits per heavy atom. The molecule has 0 spiro atoms. The predicted octanol–water partition coefficient (Wildman–Crippen LogP) is 1.83. The molecule has 1 N–H and O–H groups in total. The van der Waals surface area contributed by atoms with Crippen LogP contribution in [0.3, 0.4) is 0 Å². The number of hydrogen-bond donors (Lipinski definition) is 1. The molecule has 6 heteroatoms. The van der Waals surface area contributed by atoms with Crippen LogP contribution in [0.5, 0.6) is 0 Å². The van der Waals surface area contributed by atoms with Crippen LogP contribution in [0.4, 0.5) is 0 Å². The lowest BCUT2D eigenvalue weighted by molar-refractivity contribution is 0.0466. The van der Waals surface area contributed by atoms with Gasteiger partial charge in [-0.25, -0.2) is 4.79 Å². The van der Waals surface area contributed by atoms with Crippen molar-refractivity contribution < 1.29 is 19.4 Å². The average Bonchev–Trinajstić information content (AvgIpc) is 3.08. The standard InChI is InChI=1S/C14H14N2O4/c1-16-12(6-11(15-16)14(17)18)9-2-4-10(5-3-9)13-7-19-8-20-13/h2-6,13H,7-8H2,1H3,(H,17,18). The lowest BCUT2D eigenvalue weighted by Crippen LogP contribution is -2.00. The Balaban J connectivity index is 1.88. The maximum absolute atomic E-state index is 10.9. The quantitative estimate of drug-likeness (QED) is 0.924. The van der Waals surface area contributed by atoms with Crippen molar-refractivity contribution in [2.45, 2.75) is 6.10 Å². The molecule has 1 aliphatic rings. The zero-order chi connectivity index (χ0) is 14.1. The van der Waals surface area contributed by atoms with Crippen molar-refractivity contribution in [1.29, 1.82) is 0 Å². The molecule has 1 aromatic carbocycles. The van der Waals surface area contributed by atoms with E-state index in [1.54, 1.807) is 17.8 Å². The molecule has 0 aliphatic carbocycles.